The number of unbranched alkanes of at least 4 members (excludes halogenated alkanes) is 2. The molecular formula is C33H52O6. The highest BCUT2D eigenvalue weighted by atomic mass is 16.7. The third-order valence-electron chi connectivity index (χ3n) is 9.03. The Morgan fingerprint density at radius 3 is 2.59 bits per heavy atom. The van der Waals surface area contributed by atoms with E-state index in [-0.39, 0.29) is 31.0 Å². The number of allylic oxidation sites excluding steroid dienone is 4. The van der Waals surface area contributed by atoms with Gasteiger partial charge in [0.2, 0.25) is 0 Å². The Labute approximate surface area is 236 Å². The van der Waals surface area contributed by atoms with Gasteiger partial charge in [-0.3, -0.25) is 4.79 Å². The molecule has 0 aromatic carbocycles. The van der Waals surface area contributed by atoms with Gasteiger partial charge in [-0.05, 0) is 107 Å². The van der Waals surface area contributed by atoms with Gasteiger partial charge in [0.05, 0.1) is 12.7 Å². The van der Waals surface area contributed by atoms with Gasteiger partial charge in [0.15, 0.2) is 12.6 Å². The summed E-state index contributed by atoms with van der Waals surface area (Å²) in [6.45, 7) is 7.76. The Hall–Kier alpha value is -1.63. The van der Waals surface area contributed by atoms with Gasteiger partial charge in [0.1, 0.15) is 5.76 Å². The van der Waals surface area contributed by atoms with E-state index in [1.54, 1.807) is 0 Å². The van der Waals surface area contributed by atoms with Crippen molar-refractivity contribution in [3.63, 3.8) is 0 Å². The maximum atomic E-state index is 10.9. The average molecular weight is 545 g/mol. The summed E-state index contributed by atoms with van der Waals surface area (Å²) in [6, 6.07) is 0. The van der Waals surface area contributed by atoms with E-state index in [9.17, 15) is 4.79 Å². The van der Waals surface area contributed by atoms with Gasteiger partial charge in [0, 0.05) is 25.4 Å². The normalized spacial score (nSPS) is 31.9. The fourth-order valence-electron chi connectivity index (χ4n) is 6.90. The molecule has 0 spiro atoms. The zero-order valence-electron chi connectivity index (χ0n) is 24.2. The van der Waals surface area contributed by atoms with E-state index in [2.05, 4.69) is 25.7 Å². The van der Waals surface area contributed by atoms with Crippen LogP contribution in [0.2, 0.25) is 0 Å². The van der Waals surface area contributed by atoms with E-state index >= 15 is 0 Å². The van der Waals surface area contributed by atoms with Crippen LogP contribution >= 0.6 is 0 Å². The van der Waals surface area contributed by atoms with Crippen molar-refractivity contribution in [1.82, 2.24) is 0 Å². The molecule has 4 rings (SSSR count). The number of hydrogen-bond acceptors (Lipinski definition) is 5. The molecule has 3 fully saturated rings. The Kier molecular flexibility index (Phi) is 12.4. The van der Waals surface area contributed by atoms with E-state index in [0.717, 1.165) is 102 Å². The van der Waals surface area contributed by atoms with Gasteiger partial charge in [0.25, 0.3) is 0 Å². The maximum Gasteiger partial charge on any atom is 0.303 e. The predicted octanol–water partition coefficient (Wildman–Crippen LogP) is 7.94. The van der Waals surface area contributed by atoms with Crippen LogP contribution in [0, 0.1) is 23.7 Å². The standard InChI is InChI=1S/C33H52O6/c1-3-4-5-12-24(2)17-18-28(38-31-15-8-10-19-36-31)33-27-22-25(13-6-7-14-30(34)35)21-26(27)23-29(33)39-32-16-9-11-20-37-32/h3,18,21,24,26-27,29,31-33H,1,4-17,19-20,22-23H2,2H3,(H,34,35)/t24?,26-,27-,29+,31?,32?,33-/m1/s1. The molecule has 220 valence electrons. The molecule has 1 saturated carbocycles. The highest BCUT2D eigenvalue weighted by molar-refractivity contribution is 5.66. The third kappa shape index (κ3) is 9.47. The minimum absolute atomic E-state index is 0.0822. The van der Waals surface area contributed by atoms with Gasteiger partial charge in [-0.2, -0.15) is 0 Å². The molecule has 2 aliphatic heterocycles. The first-order valence-electron chi connectivity index (χ1n) is 15.8. The quantitative estimate of drug-likeness (QED) is 0.121. The minimum atomic E-state index is -0.701. The smallest absolute Gasteiger partial charge is 0.303 e. The molecule has 6 nitrogen and oxygen atoms in total. The summed E-state index contributed by atoms with van der Waals surface area (Å²) in [6.07, 6.45) is 22.5. The molecule has 0 amide bonds. The van der Waals surface area contributed by atoms with Crippen LogP contribution in [0.4, 0.5) is 0 Å². The monoisotopic (exact) mass is 544 g/mol. The van der Waals surface area contributed by atoms with Crippen LogP contribution in [0.15, 0.2) is 36.1 Å². The molecule has 2 aliphatic carbocycles. The zero-order chi connectivity index (χ0) is 27.5. The van der Waals surface area contributed by atoms with Crippen molar-refractivity contribution in [2.75, 3.05) is 13.2 Å². The van der Waals surface area contributed by atoms with E-state index in [1.165, 1.54) is 18.4 Å². The molecule has 39 heavy (non-hydrogen) atoms. The Morgan fingerprint density at radius 1 is 1.13 bits per heavy atom. The van der Waals surface area contributed by atoms with Crippen LogP contribution in [0.25, 0.3) is 0 Å². The van der Waals surface area contributed by atoms with Crippen molar-refractivity contribution in [3.05, 3.63) is 36.1 Å². The first-order valence-corrected chi connectivity index (χ1v) is 15.8. The first-order chi connectivity index (χ1) is 19.0. The molecule has 1 N–H and O–H groups in total. The number of aliphatic carboxylic acids is 1. The van der Waals surface area contributed by atoms with Crippen molar-refractivity contribution in [1.29, 1.82) is 0 Å². The molecule has 7 atom stereocenters. The van der Waals surface area contributed by atoms with Crippen LogP contribution in [0.1, 0.15) is 110 Å². The lowest BCUT2D eigenvalue weighted by Crippen LogP contribution is -2.34. The van der Waals surface area contributed by atoms with Crippen LogP contribution in [-0.4, -0.2) is 43.0 Å². The second-order valence-corrected chi connectivity index (χ2v) is 12.3. The molecule has 2 heterocycles. The number of ether oxygens (including phenoxy) is 4. The lowest BCUT2D eigenvalue weighted by molar-refractivity contribution is -0.201. The fourth-order valence-corrected chi connectivity index (χ4v) is 6.90. The summed E-state index contributed by atoms with van der Waals surface area (Å²) >= 11 is 0. The van der Waals surface area contributed by atoms with Gasteiger partial charge >= 0.3 is 5.97 Å². The summed E-state index contributed by atoms with van der Waals surface area (Å²) < 4.78 is 25.6. The van der Waals surface area contributed by atoms with E-state index < -0.39 is 5.97 Å². The predicted molar refractivity (Wildman–Crippen MR) is 153 cm³/mol. The zero-order valence-corrected chi connectivity index (χ0v) is 24.2. The van der Waals surface area contributed by atoms with E-state index in [0.29, 0.717) is 17.8 Å². The molecule has 6 heteroatoms. The Bertz CT molecular complexity index is 822. The Balaban J connectivity index is 1.49. The van der Waals surface area contributed by atoms with Crippen molar-refractivity contribution in [2.24, 2.45) is 23.7 Å². The van der Waals surface area contributed by atoms with Gasteiger partial charge in [-0.15, -0.1) is 6.58 Å². The molecular weight excluding hydrogens is 492 g/mol. The van der Waals surface area contributed by atoms with Crippen molar-refractivity contribution >= 4 is 5.97 Å². The van der Waals surface area contributed by atoms with Crippen LogP contribution in [0.5, 0.6) is 0 Å². The second kappa shape index (κ2) is 16.0. The van der Waals surface area contributed by atoms with Crippen LogP contribution in [-0.2, 0) is 23.7 Å². The highest BCUT2D eigenvalue weighted by Gasteiger charge is 2.49. The lowest BCUT2D eigenvalue weighted by atomic mass is 9.86. The van der Waals surface area contributed by atoms with Gasteiger partial charge < -0.3 is 24.1 Å². The summed E-state index contributed by atoms with van der Waals surface area (Å²) in [5.74, 6) is 2.08. The molecule has 0 aromatic heterocycles. The number of carbonyl (C=O) groups is 1. The minimum Gasteiger partial charge on any atom is -0.481 e. The number of rotatable bonds is 16. The van der Waals surface area contributed by atoms with Crippen LogP contribution < -0.4 is 0 Å². The Morgan fingerprint density at radius 2 is 1.90 bits per heavy atom. The van der Waals surface area contributed by atoms with Crippen molar-refractivity contribution in [2.45, 2.75) is 128 Å². The molecule has 2 saturated heterocycles. The largest absolute Gasteiger partial charge is 0.481 e. The summed E-state index contributed by atoms with van der Waals surface area (Å²) in [7, 11) is 0. The molecule has 0 bridgehead atoms. The lowest BCUT2D eigenvalue weighted by Gasteiger charge is -2.34. The van der Waals surface area contributed by atoms with Crippen molar-refractivity contribution in [3.8, 4) is 0 Å². The fraction of sp³-hybridized carbons (Fsp3) is 0.788. The molecule has 4 aliphatic rings. The molecule has 0 aromatic rings. The SMILES string of the molecule is C=CCCCC(C)CC=C(OC1CCCCO1)[C@H]1[C@@H]2CC(CCCCC(=O)O)=C[C@@H]2C[C@@H]1OC1CCCCO1. The highest BCUT2D eigenvalue weighted by Crippen LogP contribution is 2.52. The summed E-state index contributed by atoms with van der Waals surface area (Å²) in [4.78, 5) is 10.9. The first kappa shape index (κ1) is 30.3. The number of carboxylic acids is 1. The second-order valence-electron chi connectivity index (χ2n) is 12.3. The van der Waals surface area contributed by atoms with Crippen LogP contribution in [0.3, 0.4) is 0 Å². The van der Waals surface area contributed by atoms with E-state index in [1.807, 2.05) is 6.08 Å². The molecule has 3 unspecified atom stereocenters. The number of hydrogen-bond donors (Lipinski definition) is 1. The topological polar surface area (TPSA) is 74.2 Å². The third-order valence-corrected chi connectivity index (χ3v) is 9.03. The van der Waals surface area contributed by atoms with E-state index in [4.69, 9.17) is 24.1 Å². The molecule has 0 radical (unpaired) electrons. The summed E-state index contributed by atoms with van der Waals surface area (Å²) in [5, 5.41) is 9.01. The van der Waals surface area contributed by atoms with Gasteiger partial charge in [-0.1, -0.05) is 31.1 Å². The number of fused-ring (bicyclic) bond motifs is 1. The maximum absolute atomic E-state index is 10.9. The van der Waals surface area contributed by atoms with Gasteiger partial charge in [-0.25, -0.2) is 0 Å². The number of carboxylic acid groups (broad SMARTS) is 1. The average Bonchev–Trinajstić information content (AvgIpc) is 3.47. The summed E-state index contributed by atoms with van der Waals surface area (Å²) in [5.41, 5.74) is 1.49. The van der Waals surface area contributed by atoms with Crippen molar-refractivity contribution < 1.29 is 28.8 Å².